The van der Waals surface area contributed by atoms with E-state index in [4.69, 9.17) is 10.8 Å². The van der Waals surface area contributed by atoms with Crippen LogP contribution in [0.1, 0.15) is 26.2 Å². The van der Waals surface area contributed by atoms with E-state index < -0.39 is 12.0 Å². The molecule has 16 heavy (non-hydrogen) atoms. The van der Waals surface area contributed by atoms with Gasteiger partial charge in [0, 0.05) is 18.7 Å². The molecule has 3 N–H and O–H groups in total. The van der Waals surface area contributed by atoms with Gasteiger partial charge in [-0.3, -0.25) is 4.79 Å². The molecule has 0 radical (unpaired) electrons. The Balaban J connectivity index is 2.75. The number of hydrogen-bond donors (Lipinski definition) is 2. The Labute approximate surface area is 99.4 Å². The number of thioether (sulfide) groups is 1. The first kappa shape index (κ1) is 13.3. The third-order valence-corrected chi connectivity index (χ3v) is 3.92. The predicted octanol–water partition coefficient (Wildman–Crippen LogP) is 0.490. The van der Waals surface area contributed by atoms with E-state index in [1.807, 2.05) is 6.92 Å². The first-order chi connectivity index (χ1) is 7.61. The van der Waals surface area contributed by atoms with E-state index in [0.29, 0.717) is 5.75 Å². The second kappa shape index (κ2) is 6.10. The number of carboxylic acids is 1. The third-order valence-electron chi connectivity index (χ3n) is 2.56. The molecule has 0 saturated carbocycles. The van der Waals surface area contributed by atoms with Crippen LogP contribution < -0.4 is 5.73 Å². The van der Waals surface area contributed by atoms with Crippen molar-refractivity contribution >= 4 is 23.6 Å². The van der Waals surface area contributed by atoms with Gasteiger partial charge in [0.15, 0.2) is 0 Å². The Morgan fingerprint density at radius 2 is 2.25 bits per heavy atom. The van der Waals surface area contributed by atoms with Crippen LogP contribution in [0.2, 0.25) is 0 Å². The number of carbonyl (C=O) groups excluding carboxylic acids is 1. The molecule has 92 valence electrons. The van der Waals surface area contributed by atoms with E-state index in [0.717, 1.165) is 12.8 Å². The maximum absolute atomic E-state index is 11.8. The number of nitrogens with two attached hydrogens (primary N) is 1. The second-order valence-electron chi connectivity index (χ2n) is 3.77. The normalized spacial score (nSPS) is 24.8. The van der Waals surface area contributed by atoms with Gasteiger partial charge in [-0.1, -0.05) is 13.3 Å². The molecule has 1 saturated heterocycles. The SMILES string of the molecule is CCCC1SCC(C(=O)O)N1C(=O)CCN. The van der Waals surface area contributed by atoms with Gasteiger partial charge in [0.2, 0.25) is 5.91 Å². The average molecular weight is 246 g/mol. The van der Waals surface area contributed by atoms with Crippen LogP contribution in [0.4, 0.5) is 0 Å². The van der Waals surface area contributed by atoms with Crippen molar-refractivity contribution in [3.63, 3.8) is 0 Å². The van der Waals surface area contributed by atoms with Crippen LogP contribution >= 0.6 is 11.8 Å². The second-order valence-corrected chi connectivity index (χ2v) is 4.98. The minimum Gasteiger partial charge on any atom is -0.480 e. The van der Waals surface area contributed by atoms with E-state index >= 15 is 0 Å². The van der Waals surface area contributed by atoms with Gasteiger partial charge >= 0.3 is 5.97 Å². The Morgan fingerprint density at radius 1 is 1.56 bits per heavy atom. The van der Waals surface area contributed by atoms with Gasteiger partial charge in [-0.25, -0.2) is 4.79 Å². The number of amides is 1. The molecule has 2 atom stereocenters. The molecular formula is C10H18N2O3S. The van der Waals surface area contributed by atoms with E-state index in [9.17, 15) is 9.59 Å². The van der Waals surface area contributed by atoms with Gasteiger partial charge in [0.25, 0.3) is 0 Å². The highest BCUT2D eigenvalue weighted by molar-refractivity contribution is 8.00. The minimum absolute atomic E-state index is 0.00477. The maximum atomic E-state index is 11.8. The number of nitrogens with zero attached hydrogens (tertiary/aromatic N) is 1. The van der Waals surface area contributed by atoms with Crippen LogP contribution in [0.15, 0.2) is 0 Å². The Kier molecular flexibility index (Phi) is 5.08. The van der Waals surface area contributed by atoms with Crippen molar-refractivity contribution in [3.8, 4) is 0 Å². The molecule has 0 aromatic heterocycles. The molecular weight excluding hydrogens is 228 g/mol. The topological polar surface area (TPSA) is 83.6 Å². The van der Waals surface area contributed by atoms with Crippen molar-refractivity contribution in [2.45, 2.75) is 37.6 Å². The molecule has 2 unspecified atom stereocenters. The largest absolute Gasteiger partial charge is 0.480 e. The van der Waals surface area contributed by atoms with Gasteiger partial charge in [-0.15, -0.1) is 11.8 Å². The lowest BCUT2D eigenvalue weighted by molar-refractivity contribution is -0.149. The minimum atomic E-state index is -0.920. The number of rotatable bonds is 5. The average Bonchev–Trinajstić information content (AvgIpc) is 2.62. The van der Waals surface area contributed by atoms with Crippen LogP contribution in [0.5, 0.6) is 0 Å². The number of hydrogen-bond acceptors (Lipinski definition) is 4. The van der Waals surface area contributed by atoms with E-state index in [1.54, 1.807) is 11.8 Å². The van der Waals surface area contributed by atoms with E-state index in [-0.39, 0.29) is 24.2 Å². The fourth-order valence-electron chi connectivity index (χ4n) is 1.81. The molecule has 1 amide bonds. The summed E-state index contributed by atoms with van der Waals surface area (Å²) in [5.74, 6) is -0.578. The zero-order valence-corrected chi connectivity index (χ0v) is 10.2. The van der Waals surface area contributed by atoms with Gasteiger partial charge < -0.3 is 15.7 Å². The van der Waals surface area contributed by atoms with Crippen molar-refractivity contribution in [2.24, 2.45) is 5.73 Å². The van der Waals surface area contributed by atoms with Crippen LogP contribution in [0.25, 0.3) is 0 Å². The van der Waals surface area contributed by atoms with E-state index in [1.165, 1.54) is 4.90 Å². The summed E-state index contributed by atoms with van der Waals surface area (Å²) in [5.41, 5.74) is 5.34. The van der Waals surface area contributed by atoms with E-state index in [2.05, 4.69) is 0 Å². The van der Waals surface area contributed by atoms with Gasteiger partial charge in [-0.05, 0) is 6.42 Å². The highest BCUT2D eigenvalue weighted by Crippen LogP contribution is 2.32. The summed E-state index contributed by atoms with van der Waals surface area (Å²) in [6, 6.07) is -0.680. The Bertz CT molecular complexity index is 273. The molecule has 1 fully saturated rings. The van der Waals surface area contributed by atoms with Crippen molar-refractivity contribution in [1.29, 1.82) is 0 Å². The standard InChI is InChI=1S/C10H18N2O3S/c1-2-3-9-12(8(13)4-5-11)7(6-16-9)10(14)15/h7,9H,2-6,11H2,1H3,(H,14,15). The first-order valence-corrected chi connectivity index (χ1v) is 6.52. The molecule has 0 bridgehead atoms. The van der Waals surface area contributed by atoms with Crippen LogP contribution in [-0.2, 0) is 9.59 Å². The third kappa shape index (κ3) is 2.89. The number of carbonyl (C=O) groups is 2. The summed E-state index contributed by atoms with van der Waals surface area (Å²) in [5, 5.41) is 9.05. The highest BCUT2D eigenvalue weighted by Gasteiger charge is 2.40. The predicted molar refractivity (Wildman–Crippen MR) is 63.1 cm³/mol. The lowest BCUT2D eigenvalue weighted by atomic mass is 10.2. The molecule has 1 aliphatic heterocycles. The summed E-state index contributed by atoms with van der Waals surface area (Å²) < 4.78 is 0. The smallest absolute Gasteiger partial charge is 0.327 e. The van der Waals surface area contributed by atoms with Crippen molar-refractivity contribution in [1.82, 2.24) is 4.90 Å². The molecule has 0 aromatic rings. The fourth-order valence-corrected chi connectivity index (χ4v) is 3.35. The molecule has 1 aliphatic rings. The monoisotopic (exact) mass is 246 g/mol. The molecule has 0 spiro atoms. The highest BCUT2D eigenvalue weighted by atomic mass is 32.2. The molecule has 1 rings (SSSR count). The molecule has 1 heterocycles. The Hall–Kier alpha value is -0.750. The van der Waals surface area contributed by atoms with Gasteiger partial charge in [0.1, 0.15) is 6.04 Å². The molecule has 5 nitrogen and oxygen atoms in total. The quantitative estimate of drug-likeness (QED) is 0.737. The van der Waals surface area contributed by atoms with Crippen LogP contribution in [0, 0.1) is 0 Å². The van der Waals surface area contributed by atoms with Gasteiger partial charge in [0.05, 0.1) is 5.37 Å². The Morgan fingerprint density at radius 3 is 2.75 bits per heavy atom. The number of aliphatic carboxylic acids is 1. The zero-order chi connectivity index (χ0) is 12.1. The lowest BCUT2D eigenvalue weighted by Gasteiger charge is -2.27. The van der Waals surface area contributed by atoms with Gasteiger partial charge in [-0.2, -0.15) is 0 Å². The summed E-state index contributed by atoms with van der Waals surface area (Å²) in [6.07, 6.45) is 2.01. The summed E-state index contributed by atoms with van der Waals surface area (Å²) in [7, 11) is 0. The maximum Gasteiger partial charge on any atom is 0.327 e. The molecule has 0 aliphatic carbocycles. The number of carboxylic acid groups (broad SMARTS) is 1. The van der Waals surface area contributed by atoms with Crippen molar-refractivity contribution < 1.29 is 14.7 Å². The fraction of sp³-hybridized carbons (Fsp3) is 0.800. The summed E-state index contributed by atoms with van der Waals surface area (Å²) >= 11 is 1.55. The summed E-state index contributed by atoms with van der Waals surface area (Å²) in [6.45, 7) is 2.30. The molecule has 6 heteroatoms. The first-order valence-electron chi connectivity index (χ1n) is 5.47. The summed E-state index contributed by atoms with van der Waals surface area (Å²) in [4.78, 5) is 24.4. The van der Waals surface area contributed by atoms with Crippen LogP contribution in [-0.4, -0.2) is 45.6 Å². The van der Waals surface area contributed by atoms with Crippen molar-refractivity contribution in [2.75, 3.05) is 12.3 Å². The lowest BCUT2D eigenvalue weighted by Crippen LogP contribution is -2.46. The van der Waals surface area contributed by atoms with Crippen LogP contribution in [0.3, 0.4) is 0 Å². The van der Waals surface area contributed by atoms with Crippen molar-refractivity contribution in [3.05, 3.63) is 0 Å². The molecule has 0 aromatic carbocycles. The zero-order valence-electron chi connectivity index (χ0n) is 9.39.